The Hall–Kier alpha value is -3.07. The fourth-order valence-corrected chi connectivity index (χ4v) is 2.88. The molecule has 2 amide bonds. The highest BCUT2D eigenvalue weighted by molar-refractivity contribution is 5.94. The van der Waals surface area contributed by atoms with Crippen LogP contribution in [-0.4, -0.2) is 58.5 Å². The molecule has 1 aromatic carbocycles. The molecule has 0 radical (unpaired) electrons. The van der Waals surface area contributed by atoms with Crippen LogP contribution in [0, 0.1) is 6.92 Å². The minimum absolute atomic E-state index is 0.202. The normalized spacial score (nSPS) is 14.4. The third-order valence-corrected chi connectivity index (χ3v) is 4.24. The number of nitrogens with one attached hydrogen (secondary N) is 2. The molecule has 2 N–H and O–H groups in total. The highest BCUT2D eigenvalue weighted by Crippen LogP contribution is 2.21. The van der Waals surface area contributed by atoms with Crippen LogP contribution in [0.25, 0.3) is 0 Å². The lowest BCUT2D eigenvalue weighted by Crippen LogP contribution is -2.41. The van der Waals surface area contributed by atoms with Crippen molar-refractivity contribution in [3.8, 4) is 0 Å². The van der Waals surface area contributed by atoms with Crippen molar-refractivity contribution < 1.29 is 19.1 Å². The van der Waals surface area contributed by atoms with Gasteiger partial charge in [-0.1, -0.05) is 18.2 Å². The van der Waals surface area contributed by atoms with Gasteiger partial charge in [-0.25, -0.2) is 19.9 Å². The molecule has 0 bridgehead atoms. The first-order valence-corrected chi connectivity index (χ1v) is 9.53. The molecule has 1 aromatic heterocycles. The van der Waals surface area contributed by atoms with Gasteiger partial charge in [-0.15, -0.1) is 0 Å². The number of rotatable bonds is 4. The summed E-state index contributed by atoms with van der Waals surface area (Å²) in [5.74, 6) is 0.114. The number of morpholine rings is 1. The van der Waals surface area contributed by atoms with E-state index in [0.717, 1.165) is 5.69 Å². The summed E-state index contributed by atoms with van der Waals surface area (Å²) in [7, 11) is 0. The Morgan fingerprint density at radius 2 is 1.79 bits per heavy atom. The van der Waals surface area contributed by atoms with E-state index in [4.69, 9.17) is 9.47 Å². The summed E-state index contributed by atoms with van der Waals surface area (Å²) in [4.78, 5) is 31.5. The predicted octanol–water partition coefficient (Wildman–Crippen LogP) is 2.89. The molecule has 0 spiro atoms. The second-order valence-electron chi connectivity index (χ2n) is 7.71. The average molecular weight is 401 g/mol. The van der Waals surface area contributed by atoms with Gasteiger partial charge < -0.3 is 19.7 Å². The maximum absolute atomic E-state index is 13.0. The number of imidazole rings is 1. The zero-order valence-electron chi connectivity index (χ0n) is 17.2. The molecule has 156 valence electrons. The summed E-state index contributed by atoms with van der Waals surface area (Å²) in [6, 6.07) is 9.39. The topological polar surface area (TPSA) is 97.7 Å². The minimum atomic E-state index is -0.655. The molecule has 9 heteroatoms. The van der Waals surface area contributed by atoms with Gasteiger partial charge in [-0.05, 0) is 39.8 Å². The first-order valence-electron chi connectivity index (χ1n) is 9.53. The summed E-state index contributed by atoms with van der Waals surface area (Å²) < 4.78 is 12.1. The molecule has 3 rings (SSSR count). The van der Waals surface area contributed by atoms with Crippen LogP contribution in [0.1, 0.15) is 37.0 Å². The molecule has 1 fully saturated rings. The number of hydrogen-bond acceptors (Lipinski definition) is 6. The molecule has 0 unspecified atom stereocenters. The van der Waals surface area contributed by atoms with E-state index in [-0.39, 0.29) is 11.6 Å². The minimum Gasteiger partial charge on any atom is -0.443 e. The number of aromatic nitrogens is 2. The smallest absolute Gasteiger partial charge is 0.427 e. The van der Waals surface area contributed by atoms with Gasteiger partial charge in [-0.3, -0.25) is 4.79 Å². The lowest BCUT2D eigenvalue weighted by Gasteiger charge is -2.26. The molecule has 0 atom stereocenters. The quantitative estimate of drug-likeness (QED) is 0.818. The van der Waals surface area contributed by atoms with Crippen LogP contribution < -0.4 is 10.7 Å². The molecule has 2 heterocycles. The number of benzene rings is 1. The Bertz CT molecular complexity index is 867. The predicted molar refractivity (Wildman–Crippen MR) is 109 cm³/mol. The number of amides is 2. The second-order valence-corrected chi connectivity index (χ2v) is 7.71. The fraction of sp³-hybridized carbons (Fsp3) is 0.450. The molecule has 9 nitrogen and oxygen atoms in total. The van der Waals surface area contributed by atoms with Gasteiger partial charge in [0, 0.05) is 18.8 Å². The number of hydrogen-bond donors (Lipinski definition) is 2. The van der Waals surface area contributed by atoms with E-state index in [9.17, 15) is 9.59 Å². The third kappa shape index (κ3) is 5.26. The van der Waals surface area contributed by atoms with E-state index < -0.39 is 11.7 Å². The van der Waals surface area contributed by atoms with Crippen molar-refractivity contribution in [2.75, 3.05) is 37.0 Å². The Morgan fingerprint density at radius 1 is 1.14 bits per heavy atom. The van der Waals surface area contributed by atoms with Crippen molar-refractivity contribution in [3.05, 3.63) is 41.7 Å². The highest BCUT2D eigenvalue weighted by Gasteiger charge is 2.27. The molecule has 1 aliphatic rings. The van der Waals surface area contributed by atoms with Gasteiger partial charge in [0.05, 0.1) is 18.9 Å². The highest BCUT2D eigenvalue weighted by atomic mass is 16.6. The second kappa shape index (κ2) is 8.52. The van der Waals surface area contributed by atoms with Gasteiger partial charge in [0.25, 0.3) is 5.91 Å². The van der Waals surface area contributed by atoms with Crippen LogP contribution in [0.4, 0.5) is 16.4 Å². The standard InChI is InChI=1S/C20H27N5O4/c1-14-16(17(26)24-10-12-28-13-11-24)22-18(21-15-8-6-5-7-9-15)25(14)23-19(27)29-20(2,3)4/h5-9H,10-13H2,1-4H3,(H,21,22)(H,23,27). The Morgan fingerprint density at radius 3 is 2.41 bits per heavy atom. The zero-order chi connectivity index (χ0) is 21.0. The summed E-state index contributed by atoms with van der Waals surface area (Å²) in [6.45, 7) is 9.08. The maximum Gasteiger partial charge on any atom is 0.427 e. The molecule has 0 aliphatic carbocycles. The fourth-order valence-electron chi connectivity index (χ4n) is 2.88. The molecule has 1 aliphatic heterocycles. The van der Waals surface area contributed by atoms with E-state index in [0.29, 0.717) is 37.9 Å². The molecule has 29 heavy (non-hydrogen) atoms. The summed E-state index contributed by atoms with van der Waals surface area (Å²) in [5, 5.41) is 3.15. The number of carbonyl (C=O) groups is 2. The van der Waals surface area contributed by atoms with E-state index >= 15 is 0 Å². The summed E-state index contributed by atoms with van der Waals surface area (Å²) in [6.07, 6.45) is -0.639. The molecular weight excluding hydrogens is 374 g/mol. The Kier molecular flexibility index (Phi) is 6.07. The van der Waals surface area contributed by atoms with Crippen LogP contribution in [0.3, 0.4) is 0 Å². The van der Waals surface area contributed by atoms with E-state index in [1.807, 2.05) is 30.3 Å². The van der Waals surface area contributed by atoms with Crippen LogP contribution in [0.2, 0.25) is 0 Å². The monoisotopic (exact) mass is 401 g/mol. The van der Waals surface area contributed by atoms with Crippen molar-refractivity contribution in [1.29, 1.82) is 0 Å². The van der Waals surface area contributed by atoms with E-state index in [1.54, 1.807) is 32.6 Å². The SMILES string of the molecule is Cc1c(C(=O)N2CCOCC2)nc(Nc2ccccc2)n1NC(=O)OC(C)(C)C. The van der Waals surface area contributed by atoms with Crippen LogP contribution in [0.5, 0.6) is 0 Å². The summed E-state index contributed by atoms with van der Waals surface area (Å²) >= 11 is 0. The lowest BCUT2D eigenvalue weighted by atomic mass is 10.2. The van der Waals surface area contributed by atoms with Crippen LogP contribution in [-0.2, 0) is 9.47 Å². The van der Waals surface area contributed by atoms with Gasteiger partial charge in [0.15, 0.2) is 5.69 Å². The molecular formula is C20H27N5O4. The Labute approximate surface area is 170 Å². The van der Waals surface area contributed by atoms with Crippen molar-refractivity contribution >= 4 is 23.6 Å². The first kappa shape index (κ1) is 20.7. The average Bonchev–Trinajstić information content (AvgIpc) is 2.97. The van der Waals surface area contributed by atoms with Gasteiger partial charge >= 0.3 is 6.09 Å². The first-order chi connectivity index (χ1) is 13.7. The zero-order valence-corrected chi connectivity index (χ0v) is 17.2. The van der Waals surface area contributed by atoms with Crippen LogP contribution in [0.15, 0.2) is 30.3 Å². The number of nitrogens with zero attached hydrogens (tertiary/aromatic N) is 3. The lowest BCUT2D eigenvalue weighted by molar-refractivity contribution is 0.0298. The number of carbonyl (C=O) groups excluding carboxylic acids is 2. The number of anilines is 2. The van der Waals surface area contributed by atoms with E-state index in [1.165, 1.54) is 4.68 Å². The molecule has 2 aromatic rings. The Balaban J connectivity index is 1.91. The molecule has 1 saturated heterocycles. The maximum atomic E-state index is 13.0. The van der Waals surface area contributed by atoms with E-state index in [2.05, 4.69) is 15.7 Å². The van der Waals surface area contributed by atoms with Crippen molar-refractivity contribution in [2.24, 2.45) is 0 Å². The van der Waals surface area contributed by atoms with Crippen molar-refractivity contribution in [1.82, 2.24) is 14.6 Å². The van der Waals surface area contributed by atoms with Crippen LogP contribution >= 0.6 is 0 Å². The number of para-hydroxylation sites is 1. The van der Waals surface area contributed by atoms with Gasteiger partial charge in [-0.2, -0.15) is 0 Å². The van der Waals surface area contributed by atoms with Crippen molar-refractivity contribution in [2.45, 2.75) is 33.3 Å². The summed E-state index contributed by atoms with van der Waals surface area (Å²) in [5.41, 5.74) is 3.56. The van der Waals surface area contributed by atoms with Gasteiger partial charge in [0.2, 0.25) is 5.95 Å². The third-order valence-electron chi connectivity index (χ3n) is 4.24. The van der Waals surface area contributed by atoms with Crippen molar-refractivity contribution in [3.63, 3.8) is 0 Å². The molecule has 0 saturated carbocycles. The largest absolute Gasteiger partial charge is 0.443 e. The van der Waals surface area contributed by atoms with Gasteiger partial charge in [0.1, 0.15) is 5.60 Å². The number of ether oxygens (including phenoxy) is 2.